The number of benzene rings is 1. The summed E-state index contributed by atoms with van der Waals surface area (Å²) in [6.45, 7) is 6.67. The molecule has 4 aromatic rings. The smallest absolute Gasteiger partial charge is 0.131 e. The summed E-state index contributed by atoms with van der Waals surface area (Å²) in [6.07, 6.45) is 11.0. The second-order valence-electron chi connectivity index (χ2n) is 8.38. The maximum atomic E-state index is 5.04. The van der Waals surface area contributed by atoms with Crippen LogP contribution >= 0.6 is 0 Å². The van der Waals surface area contributed by atoms with E-state index in [1.807, 2.05) is 6.33 Å². The number of nitrogens with zero attached hydrogens (tertiary/aromatic N) is 5. The van der Waals surface area contributed by atoms with E-state index in [0.717, 1.165) is 53.1 Å². The molecule has 1 fully saturated rings. The first-order valence-electron chi connectivity index (χ1n) is 11.3. The van der Waals surface area contributed by atoms with Crippen LogP contribution < -0.4 is 4.90 Å². The van der Waals surface area contributed by atoms with Crippen molar-refractivity contribution in [3.63, 3.8) is 0 Å². The number of rotatable bonds is 7. The van der Waals surface area contributed by atoms with Crippen LogP contribution in [0.3, 0.4) is 0 Å². The molecule has 30 heavy (non-hydrogen) atoms. The van der Waals surface area contributed by atoms with Gasteiger partial charge in [0.25, 0.3) is 0 Å². The second kappa shape index (κ2) is 8.09. The van der Waals surface area contributed by atoms with Gasteiger partial charge in [-0.3, -0.25) is 0 Å². The first kappa shape index (κ1) is 19.1. The van der Waals surface area contributed by atoms with E-state index in [4.69, 9.17) is 9.97 Å². The Morgan fingerprint density at radius 1 is 1.10 bits per heavy atom. The van der Waals surface area contributed by atoms with E-state index in [-0.39, 0.29) is 0 Å². The molecule has 5 rings (SSSR count). The predicted octanol–water partition coefficient (Wildman–Crippen LogP) is 5.72. The van der Waals surface area contributed by atoms with Crippen LogP contribution in [0, 0.1) is 0 Å². The third-order valence-corrected chi connectivity index (χ3v) is 6.43. The molecule has 0 radical (unpaired) electrons. The van der Waals surface area contributed by atoms with E-state index in [1.54, 1.807) is 6.33 Å². The Balaban J connectivity index is 1.56. The Labute approximate surface area is 177 Å². The maximum Gasteiger partial charge on any atom is 0.131 e. The molecule has 1 unspecified atom stereocenters. The van der Waals surface area contributed by atoms with Crippen molar-refractivity contribution in [2.24, 2.45) is 0 Å². The number of pyridine rings is 1. The van der Waals surface area contributed by atoms with Gasteiger partial charge in [0.2, 0.25) is 0 Å². The fraction of sp³-hybridized carbons (Fsp3) is 0.458. The molecule has 1 saturated heterocycles. The van der Waals surface area contributed by atoms with Gasteiger partial charge in [-0.1, -0.05) is 32.8 Å². The fourth-order valence-electron chi connectivity index (χ4n) is 4.69. The normalized spacial score (nSPS) is 15.5. The molecule has 1 N–H and O–H groups in total. The highest BCUT2D eigenvalue weighted by Gasteiger charge is 2.19. The zero-order valence-corrected chi connectivity index (χ0v) is 17.9. The lowest BCUT2D eigenvalue weighted by Crippen LogP contribution is -2.19. The Hall–Kier alpha value is -2.89. The van der Waals surface area contributed by atoms with Gasteiger partial charge in [-0.15, -0.1) is 0 Å². The highest BCUT2D eigenvalue weighted by Crippen LogP contribution is 2.32. The van der Waals surface area contributed by atoms with Crippen LogP contribution in [0.5, 0.6) is 0 Å². The van der Waals surface area contributed by atoms with Crippen molar-refractivity contribution in [3.8, 4) is 11.3 Å². The van der Waals surface area contributed by atoms with Crippen LogP contribution in [0.2, 0.25) is 0 Å². The quantitative estimate of drug-likeness (QED) is 0.430. The lowest BCUT2D eigenvalue weighted by molar-refractivity contribution is 0.446. The molecule has 1 aliphatic rings. The summed E-state index contributed by atoms with van der Waals surface area (Å²) in [6, 6.07) is 9.19. The molecule has 4 heterocycles. The summed E-state index contributed by atoms with van der Waals surface area (Å²) in [4.78, 5) is 20.0. The zero-order valence-electron chi connectivity index (χ0n) is 17.9. The van der Waals surface area contributed by atoms with Gasteiger partial charge in [-0.05, 0) is 37.8 Å². The monoisotopic (exact) mass is 402 g/mol. The number of fused-ring (bicyclic) bond motifs is 2. The topological polar surface area (TPSA) is 62.6 Å². The average Bonchev–Trinajstić information content (AvgIpc) is 3.53. The SMILES string of the molecule is CCCCC(CC)n1cnc2cc(-c3nc(N4CCCC4)cc4[nH]cnc34)ccc21. The molecule has 1 atom stereocenters. The van der Waals surface area contributed by atoms with Gasteiger partial charge in [0.15, 0.2) is 0 Å². The lowest BCUT2D eigenvalue weighted by Gasteiger charge is -2.18. The molecule has 6 nitrogen and oxygen atoms in total. The largest absolute Gasteiger partial charge is 0.357 e. The van der Waals surface area contributed by atoms with Gasteiger partial charge in [-0.2, -0.15) is 0 Å². The highest BCUT2D eigenvalue weighted by molar-refractivity contribution is 5.93. The summed E-state index contributed by atoms with van der Waals surface area (Å²) in [5, 5.41) is 0. The van der Waals surface area contributed by atoms with Crippen molar-refractivity contribution in [1.82, 2.24) is 24.5 Å². The molecule has 156 valence electrons. The number of H-pyrrole nitrogens is 1. The molecule has 1 aromatic carbocycles. The summed E-state index contributed by atoms with van der Waals surface area (Å²) >= 11 is 0. The van der Waals surface area contributed by atoms with Crippen LogP contribution in [0.15, 0.2) is 36.9 Å². The lowest BCUT2D eigenvalue weighted by atomic mass is 10.1. The first-order chi connectivity index (χ1) is 14.8. The Kier molecular flexibility index (Phi) is 5.15. The minimum absolute atomic E-state index is 0.510. The van der Waals surface area contributed by atoms with Gasteiger partial charge >= 0.3 is 0 Å². The summed E-state index contributed by atoms with van der Waals surface area (Å²) < 4.78 is 2.35. The minimum Gasteiger partial charge on any atom is -0.357 e. The summed E-state index contributed by atoms with van der Waals surface area (Å²) in [5.41, 5.74) is 6.21. The minimum atomic E-state index is 0.510. The predicted molar refractivity (Wildman–Crippen MR) is 123 cm³/mol. The fourth-order valence-corrected chi connectivity index (χ4v) is 4.69. The Bertz CT molecular complexity index is 1150. The number of aromatic nitrogens is 5. The van der Waals surface area contributed by atoms with Crippen LogP contribution in [0.4, 0.5) is 5.82 Å². The number of nitrogens with one attached hydrogen (secondary N) is 1. The third-order valence-electron chi connectivity index (χ3n) is 6.43. The van der Waals surface area contributed by atoms with Crippen LogP contribution in [0.1, 0.15) is 58.4 Å². The van der Waals surface area contributed by atoms with E-state index in [0.29, 0.717) is 6.04 Å². The average molecular weight is 403 g/mol. The van der Waals surface area contributed by atoms with E-state index in [2.05, 4.69) is 57.5 Å². The van der Waals surface area contributed by atoms with Gasteiger partial charge < -0.3 is 14.5 Å². The van der Waals surface area contributed by atoms with Crippen molar-refractivity contribution in [3.05, 3.63) is 36.9 Å². The number of unbranched alkanes of at least 4 members (excludes halogenated alkanes) is 1. The Morgan fingerprint density at radius 2 is 1.97 bits per heavy atom. The number of aromatic amines is 1. The molecule has 0 amide bonds. The standard InChI is InChI=1S/C24H30N6/c1-3-5-8-18(4-2)30-16-27-19-13-17(9-10-21(19)30)23-24-20(25-15-26-24)14-22(28-23)29-11-6-7-12-29/h9-10,13-16,18H,3-8,11-12H2,1-2H3,(H,25,26). The van der Waals surface area contributed by atoms with Gasteiger partial charge in [0, 0.05) is 30.8 Å². The molecule has 0 aliphatic carbocycles. The molecule has 0 spiro atoms. The van der Waals surface area contributed by atoms with E-state index in [1.165, 1.54) is 37.6 Å². The number of hydrogen-bond donors (Lipinski definition) is 1. The molecule has 6 heteroatoms. The molecular formula is C24H30N6. The molecule has 0 saturated carbocycles. The third kappa shape index (κ3) is 3.34. The Morgan fingerprint density at radius 3 is 2.77 bits per heavy atom. The van der Waals surface area contributed by atoms with Crippen LogP contribution in [0.25, 0.3) is 33.3 Å². The van der Waals surface area contributed by atoms with E-state index in [9.17, 15) is 0 Å². The second-order valence-corrected chi connectivity index (χ2v) is 8.38. The molecular weight excluding hydrogens is 372 g/mol. The highest BCUT2D eigenvalue weighted by atomic mass is 15.2. The van der Waals surface area contributed by atoms with Crippen LogP contribution in [-0.4, -0.2) is 37.6 Å². The maximum absolute atomic E-state index is 5.04. The van der Waals surface area contributed by atoms with Crippen molar-refractivity contribution in [2.75, 3.05) is 18.0 Å². The molecule has 3 aromatic heterocycles. The summed E-state index contributed by atoms with van der Waals surface area (Å²) in [7, 11) is 0. The summed E-state index contributed by atoms with van der Waals surface area (Å²) in [5.74, 6) is 1.04. The van der Waals surface area contributed by atoms with Gasteiger partial charge in [0.05, 0.1) is 29.2 Å². The number of anilines is 1. The van der Waals surface area contributed by atoms with Crippen molar-refractivity contribution in [2.45, 2.75) is 58.4 Å². The first-order valence-corrected chi connectivity index (χ1v) is 11.3. The number of hydrogen-bond acceptors (Lipinski definition) is 4. The van der Waals surface area contributed by atoms with Crippen molar-refractivity contribution >= 4 is 27.9 Å². The van der Waals surface area contributed by atoms with E-state index >= 15 is 0 Å². The van der Waals surface area contributed by atoms with E-state index < -0.39 is 0 Å². The van der Waals surface area contributed by atoms with Gasteiger partial charge in [-0.25, -0.2) is 15.0 Å². The van der Waals surface area contributed by atoms with Crippen molar-refractivity contribution < 1.29 is 0 Å². The number of imidazole rings is 2. The van der Waals surface area contributed by atoms with Gasteiger partial charge in [0.1, 0.15) is 17.0 Å². The zero-order chi connectivity index (χ0) is 20.5. The van der Waals surface area contributed by atoms with Crippen molar-refractivity contribution in [1.29, 1.82) is 0 Å². The van der Waals surface area contributed by atoms with Crippen LogP contribution in [-0.2, 0) is 0 Å². The molecule has 1 aliphatic heterocycles. The molecule has 0 bridgehead atoms.